The van der Waals surface area contributed by atoms with Crippen LogP contribution in [-0.4, -0.2) is 11.8 Å². The lowest BCUT2D eigenvalue weighted by Crippen LogP contribution is -1.93. The van der Waals surface area contributed by atoms with Crippen LogP contribution in [0.3, 0.4) is 0 Å². The first-order valence-electron chi connectivity index (χ1n) is 5.24. The van der Waals surface area contributed by atoms with Crippen LogP contribution < -0.4 is 9.47 Å². The molecule has 0 spiro atoms. The maximum Gasteiger partial charge on any atom is 0.231 e. The first-order valence-corrected chi connectivity index (χ1v) is 5.62. The first kappa shape index (κ1) is 10.9. The van der Waals surface area contributed by atoms with E-state index in [1.54, 1.807) is 12.3 Å². The van der Waals surface area contributed by atoms with Gasteiger partial charge in [0.05, 0.1) is 5.56 Å². The molecule has 2 heterocycles. The molecule has 18 heavy (non-hydrogen) atoms. The van der Waals surface area contributed by atoms with Crippen molar-refractivity contribution >= 4 is 11.6 Å². The van der Waals surface area contributed by atoms with Crippen LogP contribution in [0.2, 0.25) is 5.15 Å². The molecule has 1 aliphatic rings. The number of aromatic nitrogens is 1. The van der Waals surface area contributed by atoms with Crippen molar-refractivity contribution in [2.45, 2.75) is 0 Å². The molecule has 1 aromatic heterocycles. The van der Waals surface area contributed by atoms with Crippen molar-refractivity contribution in [1.29, 1.82) is 5.26 Å². The highest BCUT2D eigenvalue weighted by Gasteiger charge is 2.16. The van der Waals surface area contributed by atoms with Crippen LogP contribution in [0.1, 0.15) is 5.56 Å². The summed E-state index contributed by atoms with van der Waals surface area (Å²) in [6.45, 7) is 0.223. The van der Waals surface area contributed by atoms with Crippen LogP contribution in [0.15, 0.2) is 30.5 Å². The second kappa shape index (κ2) is 4.21. The number of rotatable bonds is 1. The Morgan fingerprint density at radius 3 is 2.89 bits per heavy atom. The maximum atomic E-state index is 9.12. The Balaban J connectivity index is 2.16. The molecule has 5 heteroatoms. The fourth-order valence-corrected chi connectivity index (χ4v) is 2.05. The number of benzene rings is 1. The van der Waals surface area contributed by atoms with Gasteiger partial charge in [0.2, 0.25) is 6.79 Å². The highest BCUT2D eigenvalue weighted by atomic mass is 35.5. The molecule has 0 radical (unpaired) electrons. The van der Waals surface area contributed by atoms with E-state index in [1.807, 2.05) is 18.2 Å². The summed E-state index contributed by atoms with van der Waals surface area (Å²) in [7, 11) is 0. The van der Waals surface area contributed by atoms with Crippen LogP contribution in [0, 0.1) is 11.3 Å². The van der Waals surface area contributed by atoms with E-state index in [0.717, 1.165) is 11.1 Å². The highest BCUT2D eigenvalue weighted by Crippen LogP contribution is 2.37. The van der Waals surface area contributed by atoms with Gasteiger partial charge < -0.3 is 9.47 Å². The zero-order valence-corrected chi connectivity index (χ0v) is 9.94. The van der Waals surface area contributed by atoms with Gasteiger partial charge in [0.15, 0.2) is 11.5 Å². The number of hydrogen-bond donors (Lipinski definition) is 0. The molecule has 4 nitrogen and oxygen atoms in total. The fourth-order valence-electron chi connectivity index (χ4n) is 1.85. The van der Waals surface area contributed by atoms with Gasteiger partial charge in [0, 0.05) is 11.8 Å². The maximum absolute atomic E-state index is 9.12. The van der Waals surface area contributed by atoms with Gasteiger partial charge in [0.1, 0.15) is 11.2 Å². The largest absolute Gasteiger partial charge is 0.454 e. The molecule has 0 amide bonds. The number of hydrogen-bond acceptors (Lipinski definition) is 4. The quantitative estimate of drug-likeness (QED) is 0.738. The second-order valence-electron chi connectivity index (χ2n) is 3.70. The average molecular weight is 259 g/mol. The van der Waals surface area contributed by atoms with Crippen LogP contribution in [0.4, 0.5) is 0 Å². The summed E-state index contributed by atoms with van der Waals surface area (Å²) in [6, 6.07) is 9.32. The molecule has 0 N–H and O–H groups in total. The predicted molar refractivity (Wildman–Crippen MR) is 65.5 cm³/mol. The van der Waals surface area contributed by atoms with Crippen molar-refractivity contribution in [3.63, 3.8) is 0 Å². The summed E-state index contributed by atoms with van der Waals surface area (Å²) in [5.41, 5.74) is 1.94. The summed E-state index contributed by atoms with van der Waals surface area (Å²) in [4.78, 5) is 3.90. The van der Waals surface area contributed by atoms with E-state index < -0.39 is 0 Å². The van der Waals surface area contributed by atoms with Crippen LogP contribution >= 0.6 is 11.6 Å². The number of halogens is 1. The summed E-state index contributed by atoms with van der Waals surface area (Å²) >= 11 is 5.91. The minimum atomic E-state index is 0.202. The number of ether oxygens (including phenoxy) is 2. The SMILES string of the molecule is N#Cc1c(-c2ccc3c(c2)OCO3)ccnc1Cl. The summed E-state index contributed by atoms with van der Waals surface area (Å²) < 4.78 is 10.6. The Morgan fingerprint density at radius 2 is 2.06 bits per heavy atom. The summed E-state index contributed by atoms with van der Waals surface area (Å²) in [5, 5.41) is 9.33. The van der Waals surface area contributed by atoms with Crippen molar-refractivity contribution < 1.29 is 9.47 Å². The van der Waals surface area contributed by atoms with Crippen molar-refractivity contribution in [1.82, 2.24) is 4.98 Å². The minimum Gasteiger partial charge on any atom is -0.454 e. The number of pyridine rings is 1. The number of fused-ring (bicyclic) bond motifs is 1. The lowest BCUT2D eigenvalue weighted by Gasteiger charge is -2.06. The third-order valence-corrected chi connectivity index (χ3v) is 2.99. The van der Waals surface area contributed by atoms with Crippen LogP contribution in [0.25, 0.3) is 11.1 Å². The van der Waals surface area contributed by atoms with E-state index in [0.29, 0.717) is 17.1 Å². The Hall–Kier alpha value is -2.25. The van der Waals surface area contributed by atoms with Gasteiger partial charge in [-0.15, -0.1) is 0 Å². The third kappa shape index (κ3) is 1.66. The van der Waals surface area contributed by atoms with E-state index in [2.05, 4.69) is 11.1 Å². The van der Waals surface area contributed by atoms with Crippen LogP contribution in [-0.2, 0) is 0 Å². The fraction of sp³-hybridized carbons (Fsp3) is 0.0769. The van der Waals surface area contributed by atoms with Crippen molar-refractivity contribution in [2.24, 2.45) is 0 Å². The van der Waals surface area contributed by atoms with Gasteiger partial charge in [-0.25, -0.2) is 4.98 Å². The first-order chi connectivity index (χ1) is 8.79. The summed E-state index contributed by atoms with van der Waals surface area (Å²) in [5.74, 6) is 1.38. The molecule has 0 bridgehead atoms. The van der Waals surface area contributed by atoms with Gasteiger partial charge in [-0.2, -0.15) is 5.26 Å². The smallest absolute Gasteiger partial charge is 0.231 e. The average Bonchev–Trinajstić information content (AvgIpc) is 2.85. The molecule has 0 saturated carbocycles. The van der Waals surface area contributed by atoms with Crippen molar-refractivity contribution in [2.75, 3.05) is 6.79 Å². The van der Waals surface area contributed by atoms with Crippen LogP contribution in [0.5, 0.6) is 11.5 Å². The highest BCUT2D eigenvalue weighted by molar-refractivity contribution is 6.31. The monoisotopic (exact) mass is 258 g/mol. The third-order valence-electron chi connectivity index (χ3n) is 2.70. The van der Waals surface area contributed by atoms with E-state index in [4.69, 9.17) is 26.3 Å². The Morgan fingerprint density at radius 1 is 1.22 bits per heavy atom. The normalized spacial score (nSPS) is 12.2. The van der Waals surface area contributed by atoms with E-state index in [1.165, 1.54) is 0 Å². The standard InChI is InChI=1S/C13H7ClN2O2/c14-13-10(6-15)9(3-4-16-13)8-1-2-11-12(5-8)18-7-17-11/h1-5H,7H2. The van der Waals surface area contributed by atoms with Gasteiger partial charge in [-0.05, 0) is 23.8 Å². The molecule has 3 rings (SSSR count). The van der Waals surface area contributed by atoms with Gasteiger partial charge >= 0.3 is 0 Å². The molecule has 2 aromatic rings. The minimum absolute atomic E-state index is 0.202. The Labute approximate surface area is 108 Å². The lowest BCUT2D eigenvalue weighted by molar-refractivity contribution is 0.174. The topological polar surface area (TPSA) is 55.1 Å². The van der Waals surface area contributed by atoms with Crippen molar-refractivity contribution in [3.05, 3.63) is 41.2 Å². The van der Waals surface area contributed by atoms with E-state index in [9.17, 15) is 0 Å². The van der Waals surface area contributed by atoms with Gasteiger partial charge in [0.25, 0.3) is 0 Å². The number of nitriles is 1. The molecule has 0 fully saturated rings. The molecule has 1 aliphatic heterocycles. The molecule has 0 atom stereocenters. The summed E-state index contributed by atoms with van der Waals surface area (Å²) in [6.07, 6.45) is 1.57. The zero-order valence-electron chi connectivity index (χ0n) is 9.18. The molecule has 88 valence electrons. The zero-order chi connectivity index (χ0) is 12.5. The number of nitrogens with zero attached hydrogens (tertiary/aromatic N) is 2. The molecular weight excluding hydrogens is 252 g/mol. The molecular formula is C13H7ClN2O2. The molecule has 0 saturated heterocycles. The Kier molecular flexibility index (Phi) is 2.54. The van der Waals surface area contributed by atoms with E-state index in [-0.39, 0.29) is 11.9 Å². The van der Waals surface area contributed by atoms with Gasteiger partial charge in [-0.1, -0.05) is 17.7 Å². The lowest BCUT2D eigenvalue weighted by atomic mass is 10.0. The molecule has 1 aromatic carbocycles. The van der Waals surface area contributed by atoms with Gasteiger partial charge in [-0.3, -0.25) is 0 Å². The second-order valence-corrected chi connectivity index (χ2v) is 4.06. The Bertz CT molecular complexity index is 665. The van der Waals surface area contributed by atoms with Crippen molar-refractivity contribution in [3.8, 4) is 28.7 Å². The molecule has 0 unspecified atom stereocenters. The predicted octanol–water partition coefficient (Wildman–Crippen LogP) is 3.00. The van der Waals surface area contributed by atoms with E-state index >= 15 is 0 Å². The molecule has 0 aliphatic carbocycles.